The third kappa shape index (κ3) is 5.20. The summed E-state index contributed by atoms with van der Waals surface area (Å²) in [5.41, 5.74) is 0.827. The molecule has 0 aliphatic carbocycles. The van der Waals surface area contributed by atoms with Gasteiger partial charge >= 0.3 is 0 Å². The predicted molar refractivity (Wildman–Crippen MR) is 102 cm³/mol. The molecular weight excluding hydrogens is 347 g/mol. The molecule has 2 aliphatic heterocycles. The van der Waals surface area contributed by atoms with Gasteiger partial charge in [0.15, 0.2) is 11.6 Å². The van der Waals surface area contributed by atoms with Crippen LogP contribution < -0.4 is 4.74 Å². The van der Waals surface area contributed by atoms with Crippen LogP contribution in [0.2, 0.25) is 0 Å². The molecule has 1 amide bonds. The van der Waals surface area contributed by atoms with Crippen molar-refractivity contribution in [3.63, 3.8) is 0 Å². The lowest BCUT2D eigenvalue weighted by Crippen LogP contribution is -2.50. The van der Waals surface area contributed by atoms with Gasteiger partial charge in [0.05, 0.1) is 19.3 Å². The third-order valence-electron chi connectivity index (χ3n) is 5.51. The smallest absolute Gasteiger partial charge is 0.223 e. The van der Waals surface area contributed by atoms with Gasteiger partial charge in [-0.1, -0.05) is 6.07 Å². The maximum Gasteiger partial charge on any atom is 0.223 e. The minimum atomic E-state index is -0.378. The highest BCUT2D eigenvalue weighted by Gasteiger charge is 2.32. The number of nitrogens with zero attached hydrogens (tertiary/aromatic N) is 2. The Balaban J connectivity index is 1.53. The fraction of sp³-hybridized carbons (Fsp3) is 0.667. The molecule has 2 saturated heterocycles. The van der Waals surface area contributed by atoms with Crippen molar-refractivity contribution < 1.29 is 18.7 Å². The van der Waals surface area contributed by atoms with Crippen LogP contribution >= 0.6 is 0 Å². The maximum absolute atomic E-state index is 13.8. The van der Waals surface area contributed by atoms with Gasteiger partial charge in [-0.2, -0.15) is 0 Å². The van der Waals surface area contributed by atoms with E-state index < -0.39 is 0 Å². The molecule has 2 heterocycles. The molecule has 0 saturated carbocycles. The highest BCUT2D eigenvalue weighted by atomic mass is 19.1. The highest BCUT2D eigenvalue weighted by molar-refractivity contribution is 5.77. The molecule has 2 fully saturated rings. The van der Waals surface area contributed by atoms with E-state index in [0.29, 0.717) is 12.8 Å². The van der Waals surface area contributed by atoms with Gasteiger partial charge in [0.25, 0.3) is 0 Å². The van der Waals surface area contributed by atoms with Gasteiger partial charge in [0, 0.05) is 38.6 Å². The molecule has 2 aliphatic rings. The third-order valence-corrected chi connectivity index (χ3v) is 5.51. The number of hydrogen-bond donors (Lipinski definition) is 0. The zero-order chi connectivity index (χ0) is 19.4. The molecule has 0 bridgehead atoms. The highest BCUT2D eigenvalue weighted by Crippen LogP contribution is 2.23. The Morgan fingerprint density at radius 2 is 2.04 bits per heavy atom. The molecule has 1 aromatic carbocycles. The number of carbonyl (C=O) groups excluding carboxylic acids is 1. The summed E-state index contributed by atoms with van der Waals surface area (Å²) >= 11 is 0. The molecule has 3 atom stereocenters. The largest absolute Gasteiger partial charge is 0.494 e. The fourth-order valence-electron chi connectivity index (χ4n) is 4.35. The topological polar surface area (TPSA) is 42.0 Å². The van der Waals surface area contributed by atoms with Crippen molar-refractivity contribution in [1.82, 2.24) is 9.80 Å². The number of amides is 1. The van der Waals surface area contributed by atoms with Crippen molar-refractivity contribution in [3.05, 3.63) is 29.6 Å². The molecule has 150 valence electrons. The van der Waals surface area contributed by atoms with E-state index in [9.17, 15) is 9.18 Å². The van der Waals surface area contributed by atoms with E-state index in [1.807, 2.05) is 11.0 Å². The minimum absolute atomic E-state index is 0.170. The number of rotatable bonds is 6. The molecule has 0 N–H and O–H groups in total. The van der Waals surface area contributed by atoms with E-state index in [0.717, 1.165) is 44.6 Å². The molecule has 27 heavy (non-hydrogen) atoms. The van der Waals surface area contributed by atoms with Crippen LogP contribution in [0.1, 0.15) is 38.7 Å². The van der Waals surface area contributed by atoms with E-state index in [1.54, 1.807) is 6.07 Å². The number of benzene rings is 1. The Morgan fingerprint density at radius 1 is 1.30 bits per heavy atom. The predicted octanol–water partition coefficient (Wildman–Crippen LogP) is 2.87. The van der Waals surface area contributed by atoms with Crippen molar-refractivity contribution >= 4 is 5.91 Å². The Kier molecular flexibility index (Phi) is 6.71. The second kappa shape index (κ2) is 9.02. The number of morpholine rings is 1. The normalized spacial score (nSPS) is 26.4. The summed E-state index contributed by atoms with van der Waals surface area (Å²) < 4.78 is 24.6. The quantitative estimate of drug-likeness (QED) is 0.763. The summed E-state index contributed by atoms with van der Waals surface area (Å²) in [6.45, 7) is 7.81. The van der Waals surface area contributed by atoms with Crippen molar-refractivity contribution in [2.75, 3.05) is 33.3 Å². The average Bonchev–Trinajstić information content (AvgIpc) is 3.07. The fourth-order valence-corrected chi connectivity index (χ4v) is 4.35. The maximum atomic E-state index is 13.8. The average molecular weight is 378 g/mol. The van der Waals surface area contributed by atoms with Crippen LogP contribution in [-0.2, 0) is 16.0 Å². The van der Waals surface area contributed by atoms with Gasteiger partial charge in [0.2, 0.25) is 5.91 Å². The van der Waals surface area contributed by atoms with E-state index in [-0.39, 0.29) is 35.7 Å². The molecular formula is C21H31FN2O3. The lowest BCUT2D eigenvalue weighted by molar-refractivity contribution is -0.133. The number of aryl methyl sites for hydroxylation is 1. The number of methoxy groups -OCH3 is 1. The lowest BCUT2D eigenvalue weighted by atomic mass is 10.1. The number of hydrogen-bond acceptors (Lipinski definition) is 4. The number of ether oxygens (including phenoxy) is 2. The van der Waals surface area contributed by atoms with Crippen molar-refractivity contribution in [3.8, 4) is 5.75 Å². The van der Waals surface area contributed by atoms with Gasteiger partial charge in [-0.15, -0.1) is 0 Å². The molecule has 1 aromatic rings. The zero-order valence-corrected chi connectivity index (χ0v) is 16.6. The van der Waals surface area contributed by atoms with Crippen LogP contribution in [-0.4, -0.2) is 67.2 Å². The van der Waals surface area contributed by atoms with Gasteiger partial charge in [-0.25, -0.2) is 4.39 Å². The summed E-state index contributed by atoms with van der Waals surface area (Å²) in [7, 11) is 1.45. The van der Waals surface area contributed by atoms with Gasteiger partial charge in [-0.3, -0.25) is 9.69 Å². The van der Waals surface area contributed by atoms with Crippen LogP contribution in [0.3, 0.4) is 0 Å². The van der Waals surface area contributed by atoms with Crippen LogP contribution in [0.5, 0.6) is 5.75 Å². The van der Waals surface area contributed by atoms with Crippen molar-refractivity contribution in [2.24, 2.45) is 0 Å². The minimum Gasteiger partial charge on any atom is -0.494 e. The van der Waals surface area contributed by atoms with Gasteiger partial charge in [0.1, 0.15) is 0 Å². The van der Waals surface area contributed by atoms with Gasteiger partial charge < -0.3 is 14.4 Å². The van der Waals surface area contributed by atoms with E-state index >= 15 is 0 Å². The first kappa shape index (κ1) is 20.1. The molecule has 0 spiro atoms. The van der Waals surface area contributed by atoms with Crippen LogP contribution in [0.4, 0.5) is 4.39 Å². The summed E-state index contributed by atoms with van der Waals surface area (Å²) in [5.74, 6) is 0.0267. The molecule has 0 aromatic heterocycles. The van der Waals surface area contributed by atoms with Gasteiger partial charge in [-0.05, 0) is 50.8 Å². The Hall–Kier alpha value is -1.66. The summed E-state index contributed by atoms with van der Waals surface area (Å²) in [5, 5.41) is 0. The molecule has 0 radical (unpaired) electrons. The number of likely N-dealkylation sites (tertiary alicyclic amines) is 1. The first-order chi connectivity index (χ1) is 13.0. The van der Waals surface area contributed by atoms with Crippen LogP contribution in [0.15, 0.2) is 18.2 Å². The first-order valence-corrected chi connectivity index (χ1v) is 9.96. The van der Waals surface area contributed by atoms with E-state index in [1.165, 1.54) is 13.2 Å². The molecule has 6 heteroatoms. The lowest BCUT2D eigenvalue weighted by Gasteiger charge is -2.38. The standard InChI is InChI=1S/C21H31FN2O3/c1-15-12-23(13-16(2)27-15)14-18-5-4-10-24(18)21(25)9-7-17-6-8-20(26-3)19(22)11-17/h6,8,11,15-16,18H,4-5,7,9-10,12-14H2,1-3H3. The Bertz CT molecular complexity index is 644. The van der Waals surface area contributed by atoms with Crippen LogP contribution in [0, 0.1) is 5.82 Å². The van der Waals surface area contributed by atoms with Crippen molar-refractivity contribution in [2.45, 2.75) is 57.8 Å². The van der Waals surface area contributed by atoms with E-state index in [2.05, 4.69) is 18.7 Å². The first-order valence-electron chi connectivity index (χ1n) is 9.96. The number of halogens is 1. The summed E-state index contributed by atoms with van der Waals surface area (Å²) in [6, 6.07) is 5.19. The van der Waals surface area contributed by atoms with Crippen molar-refractivity contribution in [1.29, 1.82) is 0 Å². The Morgan fingerprint density at radius 3 is 2.70 bits per heavy atom. The molecule has 3 unspecified atom stereocenters. The van der Waals surface area contributed by atoms with Crippen LogP contribution in [0.25, 0.3) is 0 Å². The summed E-state index contributed by atoms with van der Waals surface area (Å²) in [4.78, 5) is 17.2. The Labute approximate surface area is 161 Å². The second-order valence-electron chi connectivity index (χ2n) is 7.83. The molecule has 5 nitrogen and oxygen atoms in total. The summed E-state index contributed by atoms with van der Waals surface area (Å²) in [6.07, 6.45) is 3.56. The number of carbonyl (C=O) groups is 1. The second-order valence-corrected chi connectivity index (χ2v) is 7.83. The molecule has 3 rings (SSSR count). The SMILES string of the molecule is COc1ccc(CCC(=O)N2CCCC2CN2CC(C)OC(C)C2)cc1F. The van der Waals surface area contributed by atoms with E-state index in [4.69, 9.17) is 9.47 Å². The zero-order valence-electron chi connectivity index (χ0n) is 16.6. The monoisotopic (exact) mass is 378 g/mol.